The third-order valence-electron chi connectivity index (χ3n) is 14.7. The number of carbonyl (C=O) groups excluding carboxylic acids is 6. The number of amides is 3. The maximum atomic E-state index is 12.7. The van der Waals surface area contributed by atoms with Crippen LogP contribution in [0.25, 0.3) is 0 Å². The summed E-state index contributed by atoms with van der Waals surface area (Å²) in [5.74, 6) is -2.39. The Morgan fingerprint density at radius 3 is 1.26 bits per heavy atom. The summed E-state index contributed by atoms with van der Waals surface area (Å²) >= 11 is 13.4. The number of likely N-dealkylation sites (N-methyl/N-ethyl adjacent to an activating group) is 2. The Bertz CT molecular complexity index is 5630. The van der Waals surface area contributed by atoms with Gasteiger partial charge in [-0.2, -0.15) is 4.90 Å². The molecule has 0 spiro atoms. The van der Waals surface area contributed by atoms with Crippen molar-refractivity contribution in [1.82, 2.24) is 30.2 Å². The zero-order chi connectivity index (χ0) is 83.2. The number of esters is 3. The second-order valence-electron chi connectivity index (χ2n) is 22.5. The van der Waals surface area contributed by atoms with Crippen molar-refractivity contribution in [3.63, 3.8) is 0 Å². The number of rotatable bonds is 17. The SMILES string of the molecule is CCOC(=O)c1ncc(I)s1.CCOC(=O)c1ncc(S(=O)(=O)c2ccccc2)s1.CCOC(=O)c1ncc(Sc2ccccc2)s1.CN1C(=O)[C@@H](N)COc2ccccc21.CN1C(=O)[C@@H](NC(=O)c2ncc(S(=O)(=O)c3ccccc3)s2)COc2ccccc21.Cl.O=C(O)c1ncc(S(=O)(=O)c2ccccc2)s1.[Na+].[S-]c1ccccc1. The minimum absolute atomic E-state index is 0. The molecule has 5 aromatic heterocycles. The van der Waals surface area contributed by atoms with Gasteiger partial charge in [-0.15, -0.1) is 35.1 Å². The quantitative estimate of drug-likeness (QED) is 0.0251. The third kappa shape index (κ3) is 28.1. The Balaban J connectivity index is 0.000000219. The van der Waals surface area contributed by atoms with Crippen molar-refractivity contribution < 1.29 is 117 Å². The van der Waals surface area contributed by atoms with E-state index in [4.69, 9.17) is 47.2 Å². The van der Waals surface area contributed by atoms with Gasteiger partial charge >= 0.3 is 53.4 Å². The van der Waals surface area contributed by atoms with Gasteiger partial charge in [0.25, 0.3) is 11.8 Å². The monoisotopic (exact) mass is 1920 g/mol. The number of nitrogens with two attached hydrogens (primary N) is 1. The molecule has 0 radical (unpaired) electrons. The largest absolute Gasteiger partial charge is 1.00 e. The van der Waals surface area contributed by atoms with Crippen molar-refractivity contribution in [2.45, 2.75) is 74.2 Å². The van der Waals surface area contributed by atoms with Crippen molar-refractivity contribution in [2.75, 3.05) is 56.9 Å². The molecule has 2 aliphatic heterocycles. The van der Waals surface area contributed by atoms with E-state index in [-0.39, 0.29) is 128 Å². The maximum Gasteiger partial charge on any atom is 1.00 e. The van der Waals surface area contributed by atoms with E-state index in [2.05, 4.69) is 52.8 Å². The van der Waals surface area contributed by atoms with E-state index >= 15 is 0 Å². The first-order chi connectivity index (χ1) is 55.1. The predicted molar refractivity (Wildman–Crippen MR) is 454 cm³/mol. The van der Waals surface area contributed by atoms with E-state index < -0.39 is 59.4 Å². The number of sulfone groups is 3. The minimum atomic E-state index is -3.77. The number of carboxylic acid groups (broad SMARTS) is 1. The van der Waals surface area contributed by atoms with Crippen molar-refractivity contribution in [3.8, 4) is 11.5 Å². The maximum absolute atomic E-state index is 12.7. The molecular weight excluding hydrogens is 1850 g/mol. The van der Waals surface area contributed by atoms with Crippen LogP contribution in [0.3, 0.4) is 0 Å². The Labute approximate surface area is 745 Å². The molecule has 28 nitrogen and oxygen atoms in total. The number of aromatic nitrogens is 5. The number of nitrogens with zero attached hydrogens (tertiary/aromatic N) is 7. The molecule has 7 heterocycles. The summed E-state index contributed by atoms with van der Waals surface area (Å²) in [6, 6.07) is 56.3. The van der Waals surface area contributed by atoms with Crippen LogP contribution in [0, 0.1) is 2.88 Å². The zero-order valence-corrected chi connectivity index (χ0v) is 75.6. The number of anilines is 2. The number of para-hydroxylation sites is 4. The van der Waals surface area contributed by atoms with Crippen LogP contribution in [0.2, 0.25) is 0 Å². The van der Waals surface area contributed by atoms with Gasteiger partial charge in [-0.3, -0.25) is 14.4 Å². The molecule has 2 aliphatic rings. The van der Waals surface area contributed by atoms with Crippen LogP contribution >= 0.6 is 103 Å². The van der Waals surface area contributed by atoms with Crippen molar-refractivity contribution >= 4 is 199 Å². The van der Waals surface area contributed by atoms with Crippen molar-refractivity contribution in [2.24, 2.45) is 5.73 Å². The number of nitrogens with one attached hydrogen (secondary N) is 1. The Morgan fingerprint density at radius 1 is 0.504 bits per heavy atom. The number of benzene rings is 7. The standard InChI is InChI=1S/C20H17N3O5S2.C12H11NO4S2.C12H11NO2S2.C10H12N2O2.C10H7NO4S2.C6H6INO2S.C6H6S.ClH.Na/c1-23-15-9-5-6-10-16(15)28-12-14(20(23)25)22-18(24)19-21-11-17(29-19)30(26,27)13-7-3-2-4-8-13;1-2-17-12(14)11-13-8-10(18-11)19(15,16)9-6-4-3-5-7-9;1-2-15-12(14)11-13-8-10(17-11)16-9-6-4-3-5-7-9;1-12-8-4-2-3-5-9(8)14-6-7(11)10(12)13;12-10(13)9-11-6-8(16-9)17(14,15)7-4-2-1-3-5-7;1-2-10-6(9)5-8-3-4(7)11-5;7-6-4-2-1-3-5-6;;/h2-11,14H,12H2,1H3,(H,22,24);3-8H,2H2,1H3;3-8H,2H2,1H3;2-5,7H,6,11H2,1H3;1-6H,(H,12,13);3H,2H2,1H3;1-5,7H;1H;/q;;;;;;;;+1/p-1/t14-;;;7-;;;;;/m0..0...../s1. The fraction of sp³-hybridized carbons (Fsp3) is 0.158. The molecule has 0 bridgehead atoms. The first-order valence-corrected chi connectivity index (χ1v) is 44.5. The molecule has 117 heavy (non-hydrogen) atoms. The first kappa shape index (κ1) is 96.8. The molecule has 0 unspecified atom stereocenters. The molecule has 608 valence electrons. The van der Waals surface area contributed by atoms with E-state index in [1.807, 2.05) is 84.9 Å². The van der Waals surface area contributed by atoms with Crippen LogP contribution in [0.5, 0.6) is 11.5 Å². The second kappa shape index (κ2) is 47.5. The van der Waals surface area contributed by atoms with Crippen LogP contribution in [0.1, 0.15) is 69.8 Å². The summed E-state index contributed by atoms with van der Waals surface area (Å²) in [4.78, 5) is 106. The van der Waals surface area contributed by atoms with Gasteiger partial charge in [0.1, 0.15) is 49.4 Å². The average Bonchev–Trinajstić information content (AvgIpc) is 1.16. The topological polar surface area (TPSA) is 397 Å². The van der Waals surface area contributed by atoms with Gasteiger partial charge < -0.3 is 62.3 Å². The van der Waals surface area contributed by atoms with E-state index in [0.29, 0.717) is 51.8 Å². The van der Waals surface area contributed by atoms with Gasteiger partial charge in [-0.1, -0.05) is 173 Å². The normalized spacial score (nSPS) is 13.1. The molecule has 0 saturated heterocycles. The van der Waals surface area contributed by atoms with Gasteiger partial charge in [0.05, 0.1) is 84.0 Å². The Morgan fingerprint density at radius 2 is 0.855 bits per heavy atom. The fourth-order valence-electron chi connectivity index (χ4n) is 9.20. The summed E-state index contributed by atoms with van der Waals surface area (Å²) < 4.78 is 101. The molecule has 14 rings (SSSR count). The number of hydrogen-bond acceptors (Lipinski definition) is 31. The number of halogens is 2. The Kier molecular flexibility index (Phi) is 39.3. The van der Waals surface area contributed by atoms with E-state index in [1.54, 1.807) is 138 Å². The minimum Gasteiger partial charge on any atom is -0.780 e. The van der Waals surface area contributed by atoms with Crippen LogP contribution in [-0.4, -0.2) is 156 Å². The van der Waals surface area contributed by atoms with Gasteiger partial charge in [0.15, 0.2) is 5.01 Å². The molecule has 4 N–H and O–H groups in total. The molecule has 12 aromatic rings. The van der Waals surface area contributed by atoms with E-state index in [9.17, 15) is 58.8 Å². The number of thiazole rings is 5. The Hall–Kier alpha value is -9.02. The third-order valence-corrected chi connectivity index (χ3v) is 28.4. The number of ether oxygens (including phenoxy) is 5. The average molecular weight is 1920 g/mol. The van der Waals surface area contributed by atoms with Crippen LogP contribution in [0.15, 0.2) is 272 Å². The number of hydrogen-bond donors (Lipinski definition) is 3. The van der Waals surface area contributed by atoms with Gasteiger partial charge in [-0.05, 0) is 116 Å². The molecule has 0 aliphatic carbocycles. The fourth-order valence-corrected chi connectivity index (χ4v) is 19.8. The second-order valence-corrected chi connectivity index (χ2v) is 38.0. The summed E-state index contributed by atoms with van der Waals surface area (Å²) in [6.45, 7) is 6.41. The van der Waals surface area contributed by atoms with Gasteiger partial charge in [-0.25, -0.2) is 69.4 Å². The van der Waals surface area contributed by atoms with E-state index in [1.165, 1.54) is 75.1 Å². The zero-order valence-electron chi connectivity index (χ0n) is 62.5. The smallest absolute Gasteiger partial charge is 0.780 e. The molecular formula is C76H70ClIN9NaO19S10. The predicted octanol–water partition coefficient (Wildman–Crippen LogP) is 10.7. The molecule has 41 heteroatoms. The van der Waals surface area contributed by atoms with Crippen LogP contribution < -0.4 is 59.9 Å². The molecule has 3 amide bonds. The number of aromatic carboxylic acids is 1. The first-order valence-electron chi connectivity index (χ1n) is 33.7. The number of carbonyl (C=O) groups is 7. The van der Waals surface area contributed by atoms with Crippen molar-refractivity contribution in [3.05, 3.63) is 259 Å². The molecule has 2 atom stereocenters. The molecule has 0 fully saturated rings. The number of fused-ring (bicyclic) bond motifs is 2. The summed E-state index contributed by atoms with van der Waals surface area (Å²) in [5, 5.41) is 11.9. The number of carboxylic acids is 1. The summed E-state index contributed by atoms with van der Waals surface area (Å²) in [6.07, 6.45) is 6.75. The van der Waals surface area contributed by atoms with Crippen molar-refractivity contribution in [1.29, 1.82) is 0 Å². The van der Waals surface area contributed by atoms with Crippen LogP contribution in [-0.2, 0) is 65.9 Å². The molecule has 7 aromatic carbocycles. The molecule has 0 saturated carbocycles. The van der Waals surface area contributed by atoms with E-state index in [0.717, 1.165) is 57.6 Å². The summed E-state index contributed by atoms with van der Waals surface area (Å²) in [7, 11) is -7.74. The van der Waals surface area contributed by atoms with Gasteiger partial charge in [0, 0.05) is 19.0 Å². The summed E-state index contributed by atoms with van der Waals surface area (Å²) in [5.41, 5.74) is 7.00. The van der Waals surface area contributed by atoms with Crippen LogP contribution in [0.4, 0.5) is 11.4 Å². The van der Waals surface area contributed by atoms with Gasteiger partial charge in [0.2, 0.25) is 55.4 Å².